The van der Waals surface area contributed by atoms with Crippen molar-refractivity contribution in [3.8, 4) is 0 Å². The molecule has 188 valence electrons. The minimum atomic E-state index is -0.605. The Hall–Kier alpha value is -3.49. The Morgan fingerprint density at radius 3 is 2.59 bits per heavy atom. The van der Waals surface area contributed by atoms with E-state index in [0.29, 0.717) is 26.6 Å². The van der Waals surface area contributed by atoms with Gasteiger partial charge in [0.1, 0.15) is 6.04 Å². The van der Waals surface area contributed by atoms with Crippen LogP contribution in [0, 0.1) is 13.8 Å². The molecule has 0 unspecified atom stereocenters. The summed E-state index contributed by atoms with van der Waals surface area (Å²) >= 11 is 2.89. The fourth-order valence-electron chi connectivity index (χ4n) is 5.14. The molecular formula is C29H27N3O3S2. The van der Waals surface area contributed by atoms with Gasteiger partial charge >= 0.3 is 5.97 Å². The van der Waals surface area contributed by atoms with Crippen LogP contribution < -0.4 is 14.9 Å². The number of aryl methyl sites for hydroxylation is 1. The van der Waals surface area contributed by atoms with Crippen LogP contribution in [0.1, 0.15) is 59.2 Å². The SMILES string of the molecule is CCOC(=O)C1=C(c2ccccc2)N=c2s/c(=C\c3cc(C)n(C4CC4)c3C)c(=O)n2[C@@H]1c1cccs1. The first-order valence-electron chi connectivity index (χ1n) is 12.5. The first-order chi connectivity index (χ1) is 18.0. The Morgan fingerprint density at radius 2 is 1.92 bits per heavy atom. The molecule has 37 heavy (non-hydrogen) atoms. The maximum Gasteiger partial charge on any atom is 0.338 e. The molecule has 1 fully saturated rings. The second kappa shape index (κ2) is 9.43. The highest BCUT2D eigenvalue weighted by Crippen LogP contribution is 2.39. The zero-order chi connectivity index (χ0) is 25.7. The predicted molar refractivity (Wildman–Crippen MR) is 148 cm³/mol. The van der Waals surface area contributed by atoms with Gasteiger partial charge in [0, 0.05) is 27.9 Å². The zero-order valence-electron chi connectivity index (χ0n) is 20.9. The van der Waals surface area contributed by atoms with Gasteiger partial charge in [0.2, 0.25) is 0 Å². The Bertz CT molecular complexity index is 1700. The summed E-state index contributed by atoms with van der Waals surface area (Å²) in [6, 6.07) is 15.7. The molecule has 1 atom stereocenters. The van der Waals surface area contributed by atoms with E-state index in [0.717, 1.165) is 16.0 Å². The molecule has 2 aliphatic rings. The molecule has 0 N–H and O–H groups in total. The standard InChI is InChI=1S/C29H27N3O3S2/c1-4-35-28(34)24-25(19-9-6-5-7-10-19)30-29-32(26(24)22-11-8-14-36-22)27(33)23(37-29)16-20-15-17(2)31(18(20)3)21-12-13-21/h5-11,14-16,21,26H,4,12-13H2,1-3H3/b23-16-/t26-/m1/s1. The van der Waals surface area contributed by atoms with Gasteiger partial charge in [-0.1, -0.05) is 47.7 Å². The zero-order valence-corrected chi connectivity index (χ0v) is 22.6. The second-order valence-electron chi connectivity index (χ2n) is 9.37. The molecule has 0 spiro atoms. The molecule has 3 aromatic heterocycles. The smallest absolute Gasteiger partial charge is 0.338 e. The molecule has 1 aliphatic heterocycles. The third-order valence-electron chi connectivity index (χ3n) is 6.91. The Labute approximate surface area is 222 Å². The molecule has 1 saturated carbocycles. The van der Waals surface area contributed by atoms with Crippen molar-refractivity contribution in [2.45, 2.75) is 45.7 Å². The number of rotatable bonds is 6. The molecule has 1 aromatic carbocycles. The molecule has 1 aliphatic carbocycles. The van der Waals surface area contributed by atoms with Gasteiger partial charge in [0.15, 0.2) is 4.80 Å². The third-order valence-corrected chi connectivity index (χ3v) is 8.82. The predicted octanol–water partition coefficient (Wildman–Crippen LogP) is 4.75. The molecule has 4 aromatic rings. The fourth-order valence-corrected chi connectivity index (χ4v) is 6.96. The van der Waals surface area contributed by atoms with Crippen molar-refractivity contribution in [1.82, 2.24) is 9.13 Å². The lowest BCUT2D eigenvalue weighted by Crippen LogP contribution is -2.39. The van der Waals surface area contributed by atoms with Gasteiger partial charge in [-0.3, -0.25) is 9.36 Å². The summed E-state index contributed by atoms with van der Waals surface area (Å²) in [5.74, 6) is -0.453. The number of hydrogen-bond acceptors (Lipinski definition) is 6. The number of carbonyl (C=O) groups is 1. The molecule has 0 radical (unpaired) electrons. The largest absolute Gasteiger partial charge is 0.463 e. The van der Waals surface area contributed by atoms with Crippen LogP contribution in [0.4, 0.5) is 0 Å². The van der Waals surface area contributed by atoms with E-state index in [1.165, 1.54) is 46.9 Å². The van der Waals surface area contributed by atoms with Crippen LogP contribution in [0.3, 0.4) is 0 Å². The van der Waals surface area contributed by atoms with Crippen molar-refractivity contribution in [2.75, 3.05) is 6.61 Å². The number of benzene rings is 1. The Morgan fingerprint density at radius 1 is 1.14 bits per heavy atom. The van der Waals surface area contributed by atoms with Crippen LogP contribution in [0.5, 0.6) is 0 Å². The van der Waals surface area contributed by atoms with Crippen molar-refractivity contribution in [3.05, 3.63) is 107 Å². The summed E-state index contributed by atoms with van der Waals surface area (Å²) in [4.78, 5) is 33.7. The lowest BCUT2D eigenvalue weighted by Gasteiger charge is -2.24. The summed E-state index contributed by atoms with van der Waals surface area (Å²) < 4.78 is 10.2. The summed E-state index contributed by atoms with van der Waals surface area (Å²) in [5.41, 5.74) is 5.06. The summed E-state index contributed by atoms with van der Waals surface area (Å²) in [5, 5.41) is 1.96. The maximum absolute atomic E-state index is 13.9. The van der Waals surface area contributed by atoms with E-state index in [-0.39, 0.29) is 12.2 Å². The lowest BCUT2D eigenvalue weighted by molar-refractivity contribution is -0.138. The van der Waals surface area contributed by atoms with Crippen molar-refractivity contribution < 1.29 is 9.53 Å². The first kappa shape index (κ1) is 23.9. The van der Waals surface area contributed by atoms with Crippen LogP contribution in [0.15, 0.2) is 69.3 Å². The number of nitrogens with zero attached hydrogens (tertiary/aromatic N) is 3. The number of thiophene rings is 1. The monoisotopic (exact) mass is 529 g/mol. The molecule has 0 amide bonds. The van der Waals surface area contributed by atoms with Crippen molar-refractivity contribution in [1.29, 1.82) is 0 Å². The van der Waals surface area contributed by atoms with Crippen LogP contribution in [-0.2, 0) is 9.53 Å². The first-order valence-corrected chi connectivity index (χ1v) is 14.2. The van der Waals surface area contributed by atoms with E-state index in [2.05, 4.69) is 24.5 Å². The van der Waals surface area contributed by atoms with Crippen molar-refractivity contribution >= 4 is 40.4 Å². The van der Waals surface area contributed by atoms with E-state index in [1.54, 1.807) is 11.5 Å². The number of ether oxygens (including phenoxy) is 1. The molecule has 8 heteroatoms. The number of carbonyl (C=O) groups excluding carboxylic acids is 1. The van der Waals surface area contributed by atoms with Gasteiger partial charge in [0.05, 0.1) is 22.4 Å². The maximum atomic E-state index is 13.9. The van der Waals surface area contributed by atoms with Crippen molar-refractivity contribution in [2.24, 2.45) is 4.99 Å². The van der Waals surface area contributed by atoms with Crippen LogP contribution in [0.25, 0.3) is 11.8 Å². The van der Waals surface area contributed by atoms with E-state index in [9.17, 15) is 9.59 Å². The second-order valence-corrected chi connectivity index (χ2v) is 11.4. The highest BCUT2D eigenvalue weighted by atomic mass is 32.1. The number of esters is 1. The molecule has 6 nitrogen and oxygen atoms in total. The summed E-state index contributed by atoms with van der Waals surface area (Å²) in [6.07, 6.45) is 4.39. The van der Waals surface area contributed by atoms with Gasteiger partial charge in [-0.2, -0.15) is 0 Å². The quantitative estimate of drug-likeness (QED) is 0.339. The highest BCUT2D eigenvalue weighted by Gasteiger charge is 2.35. The van der Waals surface area contributed by atoms with Crippen LogP contribution >= 0.6 is 22.7 Å². The van der Waals surface area contributed by atoms with Crippen LogP contribution in [0.2, 0.25) is 0 Å². The van der Waals surface area contributed by atoms with Gasteiger partial charge in [-0.25, -0.2) is 9.79 Å². The number of fused-ring (bicyclic) bond motifs is 1. The molecule has 0 saturated heterocycles. The van der Waals surface area contributed by atoms with Gasteiger partial charge in [-0.15, -0.1) is 11.3 Å². The Balaban J connectivity index is 1.61. The van der Waals surface area contributed by atoms with Gasteiger partial charge in [0.25, 0.3) is 5.56 Å². The summed E-state index contributed by atoms with van der Waals surface area (Å²) in [6.45, 7) is 6.27. The average Bonchev–Trinajstić information content (AvgIpc) is 3.35. The van der Waals surface area contributed by atoms with E-state index < -0.39 is 12.0 Å². The molecule has 6 rings (SSSR count). The minimum absolute atomic E-state index is 0.146. The third kappa shape index (κ3) is 4.14. The normalized spacial score (nSPS) is 17.6. The minimum Gasteiger partial charge on any atom is -0.463 e. The number of aromatic nitrogens is 2. The number of hydrogen-bond donors (Lipinski definition) is 0. The molecule has 0 bridgehead atoms. The van der Waals surface area contributed by atoms with Crippen LogP contribution in [-0.4, -0.2) is 21.7 Å². The highest BCUT2D eigenvalue weighted by molar-refractivity contribution is 7.10. The number of thiazole rings is 1. The van der Waals surface area contributed by atoms with Crippen molar-refractivity contribution in [3.63, 3.8) is 0 Å². The van der Waals surface area contributed by atoms with E-state index >= 15 is 0 Å². The lowest BCUT2D eigenvalue weighted by atomic mass is 9.97. The topological polar surface area (TPSA) is 65.6 Å². The summed E-state index contributed by atoms with van der Waals surface area (Å²) in [7, 11) is 0. The average molecular weight is 530 g/mol. The molecular weight excluding hydrogens is 502 g/mol. The Kier molecular flexibility index (Phi) is 6.09. The molecule has 4 heterocycles. The van der Waals surface area contributed by atoms with E-state index in [1.807, 2.05) is 53.9 Å². The fraction of sp³-hybridized carbons (Fsp3) is 0.276. The van der Waals surface area contributed by atoms with Gasteiger partial charge < -0.3 is 9.30 Å². The van der Waals surface area contributed by atoms with E-state index in [4.69, 9.17) is 9.73 Å². The van der Waals surface area contributed by atoms with Gasteiger partial charge in [-0.05, 0) is 62.8 Å².